The van der Waals surface area contributed by atoms with Crippen LogP contribution in [-0.4, -0.2) is 48.8 Å². The van der Waals surface area contributed by atoms with Crippen molar-refractivity contribution in [2.24, 2.45) is 10.9 Å². The third kappa shape index (κ3) is 6.13. The molecule has 0 aliphatic heterocycles. The van der Waals surface area contributed by atoms with Crippen LogP contribution in [0.3, 0.4) is 0 Å². The number of urea groups is 1. The maximum Gasteiger partial charge on any atom is 0.321 e. The van der Waals surface area contributed by atoms with E-state index in [0.717, 1.165) is 11.3 Å². The van der Waals surface area contributed by atoms with E-state index in [0.29, 0.717) is 26.1 Å². The molecule has 0 radical (unpaired) electrons. The molecular formula is C14H22N4O3. The van der Waals surface area contributed by atoms with Gasteiger partial charge in [0.2, 0.25) is 0 Å². The molecular weight excluding hydrogens is 272 g/mol. The van der Waals surface area contributed by atoms with Gasteiger partial charge in [-0.3, -0.25) is 0 Å². The quantitative estimate of drug-likeness (QED) is 0.308. The van der Waals surface area contributed by atoms with Crippen molar-refractivity contribution in [3.8, 4) is 0 Å². The molecule has 1 rings (SSSR count). The molecule has 21 heavy (non-hydrogen) atoms. The Morgan fingerprint density at radius 1 is 1.38 bits per heavy atom. The Morgan fingerprint density at radius 2 is 2.05 bits per heavy atom. The van der Waals surface area contributed by atoms with E-state index in [4.69, 9.17) is 15.7 Å². The van der Waals surface area contributed by atoms with E-state index in [1.54, 1.807) is 12.0 Å². The van der Waals surface area contributed by atoms with Crippen LogP contribution in [0.2, 0.25) is 0 Å². The van der Waals surface area contributed by atoms with E-state index in [-0.39, 0.29) is 11.9 Å². The normalized spacial score (nSPS) is 11.2. The number of nitrogens with zero attached hydrogens (tertiary/aromatic N) is 2. The summed E-state index contributed by atoms with van der Waals surface area (Å²) in [6.07, 6.45) is 0.293. The maximum atomic E-state index is 12.2. The fourth-order valence-electron chi connectivity index (χ4n) is 1.66. The summed E-state index contributed by atoms with van der Waals surface area (Å²) in [5.41, 5.74) is 7.27. The van der Waals surface area contributed by atoms with Gasteiger partial charge >= 0.3 is 6.03 Å². The minimum atomic E-state index is -0.248. The average molecular weight is 294 g/mol. The number of methoxy groups -OCH3 is 1. The molecule has 0 aliphatic rings. The summed E-state index contributed by atoms with van der Waals surface area (Å²) >= 11 is 0. The minimum absolute atomic E-state index is 0.0838. The molecule has 0 unspecified atom stereocenters. The monoisotopic (exact) mass is 294 g/mol. The molecule has 7 heteroatoms. The number of amidine groups is 1. The summed E-state index contributed by atoms with van der Waals surface area (Å²) in [7, 11) is 1.57. The van der Waals surface area contributed by atoms with Crippen LogP contribution in [-0.2, 0) is 4.74 Å². The number of aryl methyl sites for hydroxylation is 1. The number of benzene rings is 1. The highest BCUT2D eigenvalue weighted by Crippen LogP contribution is 2.09. The molecule has 7 nitrogen and oxygen atoms in total. The fraction of sp³-hybridized carbons (Fsp3) is 0.429. The van der Waals surface area contributed by atoms with Gasteiger partial charge in [-0.2, -0.15) is 0 Å². The first-order valence-corrected chi connectivity index (χ1v) is 6.64. The third-order valence-corrected chi connectivity index (χ3v) is 2.92. The number of anilines is 1. The number of nitrogens with two attached hydrogens (primary N) is 1. The van der Waals surface area contributed by atoms with Gasteiger partial charge in [0.15, 0.2) is 0 Å². The molecule has 0 aromatic heterocycles. The van der Waals surface area contributed by atoms with E-state index >= 15 is 0 Å². The van der Waals surface area contributed by atoms with Crippen molar-refractivity contribution in [1.82, 2.24) is 4.90 Å². The maximum absolute atomic E-state index is 12.2. The molecule has 116 valence electrons. The second-order valence-corrected chi connectivity index (χ2v) is 4.62. The Morgan fingerprint density at radius 3 is 2.62 bits per heavy atom. The van der Waals surface area contributed by atoms with Crippen molar-refractivity contribution in [3.05, 3.63) is 29.8 Å². The smallest absolute Gasteiger partial charge is 0.321 e. The molecule has 4 N–H and O–H groups in total. The number of rotatable bonds is 7. The number of hydrogen-bond acceptors (Lipinski definition) is 4. The number of hydrogen-bond donors (Lipinski definition) is 3. The zero-order chi connectivity index (χ0) is 15.7. The van der Waals surface area contributed by atoms with Gasteiger partial charge in [-0.25, -0.2) is 4.79 Å². The molecule has 1 aromatic rings. The molecule has 0 heterocycles. The van der Waals surface area contributed by atoms with Crippen LogP contribution in [0.1, 0.15) is 12.0 Å². The van der Waals surface area contributed by atoms with E-state index in [2.05, 4.69) is 10.5 Å². The van der Waals surface area contributed by atoms with E-state index in [1.165, 1.54) is 0 Å². The number of carbonyl (C=O) groups excluding carboxylic acids is 1. The van der Waals surface area contributed by atoms with Crippen molar-refractivity contribution in [1.29, 1.82) is 0 Å². The highest BCUT2D eigenvalue weighted by Gasteiger charge is 2.14. The Kier molecular flexibility index (Phi) is 7.03. The molecule has 2 amide bonds. The lowest BCUT2D eigenvalue weighted by molar-refractivity contribution is 0.156. The second kappa shape index (κ2) is 8.80. The summed E-state index contributed by atoms with van der Waals surface area (Å²) in [5.74, 6) is 0.0838. The van der Waals surface area contributed by atoms with Crippen LogP contribution in [0.25, 0.3) is 0 Å². The number of nitrogens with one attached hydrogen (secondary N) is 1. The van der Waals surface area contributed by atoms with Crippen LogP contribution >= 0.6 is 0 Å². The minimum Gasteiger partial charge on any atom is -0.409 e. The Labute approximate surface area is 124 Å². The lowest BCUT2D eigenvalue weighted by Crippen LogP contribution is -2.39. The molecule has 0 atom stereocenters. The van der Waals surface area contributed by atoms with Crippen molar-refractivity contribution in [3.63, 3.8) is 0 Å². The lowest BCUT2D eigenvalue weighted by atomic mass is 10.2. The summed E-state index contributed by atoms with van der Waals surface area (Å²) in [6.45, 7) is 3.16. The van der Waals surface area contributed by atoms with Gasteiger partial charge in [0.25, 0.3) is 0 Å². The SMILES string of the molecule is COCCN(CCC(N)=NO)C(=O)Nc1ccc(C)cc1. The number of ether oxygens (including phenoxy) is 1. The number of carbonyl (C=O) groups is 1. The first-order chi connectivity index (χ1) is 10.1. The van der Waals surface area contributed by atoms with Gasteiger partial charge in [-0.1, -0.05) is 22.9 Å². The molecule has 0 aliphatic carbocycles. The fourth-order valence-corrected chi connectivity index (χ4v) is 1.66. The number of oxime groups is 1. The molecule has 1 aromatic carbocycles. The molecule has 0 saturated carbocycles. The Hall–Kier alpha value is -2.28. The van der Waals surface area contributed by atoms with E-state index in [1.807, 2.05) is 31.2 Å². The number of amides is 2. The van der Waals surface area contributed by atoms with Gasteiger partial charge in [-0.15, -0.1) is 0 Å². The van der Waals surface area contributed by atoms with E-state index < -0.39 is 0 Å². The predicted octanol–water partition coefficient (Wildman–Crippen LogP) is 1.61. The van der Waals surface area contributed by atoms with Gasteiger partial charge in [0.05, 0.1) is 6.61 Å². The Balaban J connectivity index is 2.63. The van der Waals surface area contributed by atoms with Crippen LogP contribution in [0.4, 0.5) is 10.5 Å². The van der Waals surface area contributed by atoms with Gasteiger partial charge in [0, 0.05) is 32.3 Å². The molecule has 0 fully saturated rings. The lowest BCUT2D eigenvalue weighted by Gasteiger charge is -2.22. The zero-order valence-corrected chi connectivity index (χ0v) is 12.4. The second-order valence-electron chi connectivity index (χ2n) is 4.62. The highest BCUT2D eigenvalue weighted by molar-refractivity contribution is 5.89. The zero-order valence-electron chi connectivity index (χ0n) is 12.4. The standard InChI is InChI=1S/C14H22N4O3/c1-11-3-5-12(6-4-11)16-14(19)18(9-10-21-2)8-7-13(15)17-20/h3-6,20H,7-10H2,1-2H3,(H2,15,17)(H,16,19). The summed E-state index contributed by atoms with van der Waals surface area (Å²) < 4.78 is 4.99. The van der Waals surface area contributed by atoms with Crippen molar-refractivity contribution in [2.75, 3.05) is 32.1 Å². The third-order valence-electron chi connectivity index (χ3n) is 2.92. The first-order valence-electron chi connectivity index (χ1n) is 6.64. The summed E-state index contributed by atoms with van der Waals surface area (Å²) in [4.78, 5) is 13.8. The molecule has 0 saturated heterocycles. The predicted molar refractivity (Wildman–Crippen MR) is 81.7 cm³/mol. The van der Waals surface area contributed by atoms with Crippen LogP contribution in [0.15, 0.2) is 29.4 Å². The Bertz CT molecular complexity index is 474. The highest BCUT2D eigenvalue weighted by atomic mass is 16.5. The molecule has 0 spiro atoms. The van der Waals surface area contributed by atoms with Gasteiger partial charge in [0.1, 0.15) is 5.84 Å². The summed E-state index contributed by atoms with van der Waals surface area (Å²) in [5, 5.41) is 14.2. The van der Waals surface area contributed by atoms with Crippen molar-refractivity contribution in [2.45, 2.75) is 13.3 Å². The van der Waals surface area contributed by atoms with Crippen LogP contribution in [0, 0.1) is 6.92 Å². The summed E-state index contributed by atoms with van der Waals surface area (Å²) in [6, 6.07) is 7.27. The van der Waals surface area contributed by atoms with Gasteiger partial charge in [-0.05, 0) is 19.1 Å². The topological polar surface area (TPSA) is 100 Å². The van der Waals surface area contributed by atoms with Crippen molar-refractivity contribution < 1.29 is 14.7 Å². The van der Waals surface area contributed by atoms with Crippen LogP contribution in [0.5, 0.6) is 0 Å². The molecule has 0 bridgehead atoms. The van der Waals surface area contributed by atoms with E-state index in [9.17, 15) is 4.79 Å². The average Bonchev–Trinajstić information content (AvgIpc) is 2.49. The van der Waals surface area contributed by atoms with Crippen LogP contribution < -0.4 is 11.1 Å². The first kappa shape index (κ1) is 16.8. The van der Waals surface area contributed by atoms with Crippen molar-refractivity contribution >= 4 is 17.6 Å². The van der Waals surface area contributed by atoms with Gasteiger partial charge < -0.3 is 25.9 Å². The largest absolute Gasteiger partial charge is 0.409 e.